The second-order valence-electron chi connectivity index (χ2n) is 5.00. The minimum Gasteiger partial charge on any atom is -0.475 e. The fraction of sp³-hybridized carbons (Fsp3) is 0.583. The molecule has 0 radical (unpaired) electrons. The molecule has 0 aromatic rings. The van der Waals surface area contributed by atoms with Crippen molar-refractivity contribution < 1.29 is 14.8 Å². The van der Waals surface area contributed by atoms with Crippen molar-refractivity contribution in [2.75, 3.05) is 13.2 Å². The Morgan fingerprint density at radius 3 is 2.89 bits per heavy atom. The molecule has 1 aliphatic heterocycles. The number of aliphatic hydroxyl groups excluding tert-OH is 1. The second kappa shape index (κ2) is 4.53. The molecule has 18 heavy (non-hydrogen) atoms. The Morgan fingerprint density at radius 1 is 1.67 bits per heavy atom. The topological polar surface area (TPSA) is 85.0 Å². The van der Waals surface area contributed by atoms with E-state index in [9.17, 15) is 15.2 Å². The van der Waals surface area contributed by atoms with E-state index in [1.54, 1.807) is 6.08 Å². The molecule has 6 heteroatoms. The first kappa shape index (κ1) is 12.8. The van der Waals surface area contributed by atoms with Gasteiger partial charge < -0.3 is 9.84 Å². The Balaban J connectivity index is 2.25. The lowest BCUT2D eigenvalue weighted by Crippen LogP contribution is -2.28. The quantitative estimate of drug-likeness (QED) is 0.606. The van der Waals surface area contributed by atoms with E-state index in [0.717, 1.165) is 5.57 Å². The van der Waals surface area contributed by atoms with Gasteiger partial charge >= 0.3 is 0 Å². The van der Waals surface area contributed by atoms with Gasteiger partial charge in [0.25, 0.3) is 0 Å². The molecule has 0 aromatic carbocycles. The smallest absolute Gasteiger partial charge is 0.246 e. The van der Waals surface area contributed by atoms with Crippen molar-refractivity contribution in [1.29, 1.82) is 0 Å². The standard InChI is InChI=1S/C12H16N2O4/c1-8-5-9(14(16)17)3-4-10(8)11-13-12(2,6-15)7-18-11/h3-4,8,15H,5-7H2,1-2H3. The molecule has 2 aliphatic rings. The lowest BCUT2D eigenvalue weighted by atomic mass is 9.91. The van der Waals surface area contributed by atoms with E-state index < -0.39 is 5.54 Å². The van der Waals surface area contributed by atoms with E-state index in [1.165, 1.54) is 6.08 Å². The van der Waals surface area contributed by atoms with Gasteiger partial charge in [0, 0.05) is 18.1 Å². The largest absolute Gasteiger partial charge is 0.475 e. The molecule has 2 unspecified atom stereocenters. The van der Waals surface area contributed by atoms with Gasteiger partial charge in [-0.05, 0) is 18.9 Å². The average Bonchev–Trinajstić information content (AvgIpc) is 2.72. The maximum absolute atomic E-state index is 10.7. The van der Waals surface area contributed by atoms with Crippen LogP contribution in [0.15, 0.2) is 28.4 Å². The third kappa shape index (κ3) is 2.28. The Kier molecular flexibility index (Phi) is 3.21. The number of allylic oxidation sites excluding steroid dienone is 3. The lowest BCUT2D eigenvalue weighted by molar-refractivity contribution is -0.428. The predicted octanol–water partition coefficient (Wildman–Crippen LogP) is 1.29. The van der Waals surface area contributed by atoms with E-state index in [4.69, 9.17) is 4.74 Å². The number of rotatable bonds is 3. The van der Waals surface area contributed by atoms with E-state index >= 15 is 0 Å². The third-order valence-corrected chi connectivity index (χ3v) is 3.21. The highest BCUT2D eigenvalue weighted by molar-refractivity contribution is 5.96. The number of hydrogen-bond acceptors (Lipinski definition) is 5. The summed E-state index contributed by atoms with van der Waals surface area (Å²) in [6, 6.07) is 0. The zero-order valence-corrected chi connectivity index (χ0v) is 10.4. The first-order valence-corrected chi connectivity index (χ1v) is 5.84. The molecule has 1 aliphatic carbocycles. The first-order valence-electron chi connectivity index (χ1n) is 5.84. The van der Waals surface area contributed by atoms with Crippen molar-refractivity contribution in [3.8, 4) is 0 Å². The Bertz CT molecular complexity index is 467. The van der Waals surface area contributed by atoms with Crippen LogP contribution in [0.2, 0.25) is 0 Å². The van der Waals surface area contributed by atoms with Gasteiger partial charge in [-0.3, -0.25) is 10.1 Å². The molecule has 2 atom stereocenters. The fourth-order valence-corrected chi connectivity index (χ4v) is 2.02. The Hall–Kier alpha value is -1.69. The van der Waals surface area contributed by atoms with Gasteiger partial charge in [-0.25, -0.2) is 4.99 Å². The Labute approximate surface area is 105 Å². The number of aliphatic hydroxyl groups is 1. The van der Waals surface area contributed by atoms with Crippen LogP contribution in [0.1, 0.15) is 20.3 Å². The van der Waals surface area contributed by atoms with Crippen molar-refractivity contribution >= 4 is 5.90 Å². The van der Waals surface area contributed by atoms with Crippen LogP contribution in [0.3, 0.4) is 0 Å². The SMILES string of the molecule is CC1CC([N+](=O)[O-])=CC=C1C1=NC(C)(CO)CO1. The molecule has 2 rings (SSSR count). The third-order valence-electron chi connectivity index (χ3n) is 3.21. The van der Waals surface area contributed by atoms with Gasteiger partial charge in [0.15, 0.2) is 0 Å². The van der Waals surface area contributed by atoms with Crippen molar-refractivity contribution in [3.63, 3.8) is 0 Å². The second-order valence-corrected chi connectivity index (χ2v) is 5.00. The van der Waals surface area contributed by atoms with Crippen molar-refractivity contribution in [3.05, 3.63) is 33.5 Å². The van der Waals surface area contributed by atoms with Crippen LogP contribution < -0.4 is 0 Å². The van der Waals surface area contributed by atoms with Crippen LogP contribution in [0.25, 0.3) is 0 Å². The van der Waals surface area contributed by atoms with Crippen LogP contribution in [0.4, 0.5) is 0 Å². The van der Waals surface area contributed by atoms with E-state index in [0.29, 0.717) is 18.9 Å². The zero-order valence-electron chi connectivity index (χ0n) is 10.4. The normalized spacial score (nSPS) is 31.3. The molecule has 0 bridgehead atoms. The van der Waals surface area contributed by atoms with Gasteiger partial charge in [0.1, 0.15) is 12.1 Å². The van der Waals surface area contributed by atoms with E-state index in [2.05, 4.69) is 4.99 Å². The summed E-state index contributed by atoms with van der Waals surface area (Å²) in [5, 5.41) is 19.9. The summed E-state index contributed by atoms with van der Waals surface area (Å²) in [6.45, 7) is 3.98. The molecule has 0 aromatic heterocycles. The molecular formula is C12H16N2O4. The highest BCUT2D eigenvalue weighted by Crippen LogP contribution is 2.30. The Morgan fingerprint density at radius 2 is 2.39 bits per heavy atom. The summed E-state index contributed by atoms with van der Waals surface area (Å²) in [7, 11) is 0. The maximum atomic E-state index is 10.7. The molecule has 0 amide bonds. The summed E-state index contributed by atoms with van der Waals surface area (Å²) in [6.07, 6.45) is 3.56. The highest BCUT2D eigenvalue weighted by atomic mass is 16.6. The minimum absolute atomic E-state index is 0.00445. The molecule has 0 fully saturated rings. The molecule has 0 saturated heterocycles. The first-order chi connectivity index (χ1) is 8.45. The predicted molar refractivity (Wildman–Crippen MR) is 65.8 cm³/mol. The van der Waals surface area contributed by atoms with Gasteiger partial charge in [-0.15, -0.1) is 0 Å². The molecule has 98 valence electrons. The van der Waals surface area contributed by atoms with Crippen LogP contribution >= 0.6 is 0 Å². The van der Waals surface area contributed by atoms with E-state index in [1.807, 2.05) is 13.8 Å². The number of nitro groups is 1. The molecule has 1 heterocycles. The van der Waals surface area contributed by atoms with Gasteiger partial charge in [0.2, 0.25) is 11.6 Å². The van der Waals surface area contributed by atoms with Crippen molar-refractivity contribution in [2.45, 2.75) is 25.8 Å². The summed E-state index contributed by atoms with van der Waals surface area (Å²) in [5.74, 6) is 0.493. The summed E-state index contributed by atoms with van der Waals surface area (Å²) >= 11 is 0. The minimum atomic E-state index is -0.594. The number of hydrogen-bond donors (Lipinski definition) is 1. The molecule has 6 nitrogen and oxygen atoms in total. The summed E-state index contributed by atoms with van der Waals surface area (Å²) < 4.78 is 5.49. The van der Waals surface area contributed by atoms with Gasteiger partial charge in [-0.1, -0.05) is 6.92 Å². The van der Waals surface area contributed by atoms with Crippen LogP contribution in [-0.2, 0) is 4.74 Å². The van der Waals surface area contributed by atoms with Crippen LogP contribution in [-0.4, -0.2) is 34.7 Å². The summed E-state index contributed by atoms with van der Waals surface area (Å²) in [4.78, 5) is 14.7. The number of nitrogens with zero attached hydrogens (tertiary/aromatic N) is 2. The maximum Gasteiger partial charge on any atom is 0.246 e. The van der Waals surface area contributed by atoms with Gasteiger partial charge in [-0.2, -0.15) is 0 Å². The highest BCUT2D eigenvalue weighted by Gasteiger charge is 2.35. The van der Waals surface area contributed by atoms with Crippen molar-refractivity contribution in [1.82, 2.24) is 0 Å². The molecular weight excluding hydrogens is 236 g/mol. The zero-order chi connectivity index (χ0) is 13.3. The number of ether oxygens (including phenoxy) is 1. The van der Waals surface area contributed by atoms with Crippen LogP contribution in [0.5, 0.6) is 0 Å². The van der Waals surface area contributed by atoms with Gasteiger partial charge in [0.05, 0.1) is 11.5 Å². The lowest BCUT2D eigenvalue weighted by Gasteiger charge is -2.16. The molecule has 0 spiro atoms. The monoisotopic (exact) mass is 252 g/mol. The van der Waals surface area contributed by atoms with Crippen molar-refractivity contribution in [2.24, 2.45) is 10.9 Å². The van der Waals surface area contributed by atoms with E-state index in [-0.39, 0.29) is 23.1 Å². The van der Waals surface area contributed by atoms with Crippen LogP contribution in [0, 0.1) is 16.0 Å². The number of aliphatic imine (C=N–C) groups is 1. The molecule has 0 saturated carbocycles. The molecule has 1 N–H and O–H groups in total. The average molecular weight is 252 g/mol. The fourth-order valence-electron chi connectivity index (χ4n) is 2.02. The summed E-state index contributed by atoms with van der Waals surface area (Å²) in [5.41, 5.74) is 0.468.